The third-order valence-corrected chi connectivity index (χ3v) is 5.47. The summed E-state index contributed by atoms with van der Waals surface area (Å²) in [6.45, 7) is 0.925. The van der Waals surface area contributed by atoms with E-state index in [2.05, 4.69) is 6.07 Å². The van der Waals surface area contributed by atoms with Gasteiger partial charge in [0.15, 0.2) is 0 Å². The van der Waals surface area contributed by atoms with Crippen molar-refractivity contribution in [2.24, 2.45) is 5.73 Å². The molecule has 1 heterocycles. The smallest absolute Gasteiger partial charge is 0.336 e. The van der Waals surface area contributed by atoms with Crippen molar-refractivity contribution in [2.45, 2.75) is 32.2 Å². The van der Waals surface area contributed by atoms with E-state index in [-0.39, 0.29) is 18.0 Å². The van der Waals surface area contributed by atoms with Gasteiger partial charge in [0, 0.05) is 36.7 Å². The molecule has 0 unspecified atom stereocenters. The second kappa shape index (κ2) is 7.99. The lowest BCUT2D eigenvalue weighted by atomic mass is 10.0. The molecule has 0 fully saturated rings. The van der Waals surface area contributed by atoms with Gasteiger partial charge in [-0.05, 0) is 72.4 Å². The van der Waals surface area contributed by atoms with Crippen LogP contribution in [-0.4, -0.2) is 19.6 Å². The van der Waals surface area contributed by atoms with Crippen LogP contribution in [0.15, 0.2) is 51.7 Å². The number of methoxy groups -OCH3 is 1. The first kappa shape index (κ1) is 19.1. The second-order valence-electron chi connectivity index (χ2n) is 7.40. The number of anilines is 1. The summed E-state index contributed by atoms with van der Waals surface area (Å²) in [4.78, 5) is 25.6. The van der Waals surface area contributed by atoms with E-state index >= 15 is 0 Å². The predicted molar refractivity (Wildman–Crippen MR) is 112 cm³/mol. The van der Waals surface area contributed by atoms with E-state index in [0.29, 0.717) is 18.7 Å². The summed E-state index contributed by atoms with van der Waals surface area (Å²) >= 11 is 0. The molecule has 1 aromatic heterocycles. The van der Waals surface area contributed by atoms with E-state index in [4.69, 9.17) is 14.9 Å². The number of aryl methyl sites for hydroxylation is 2. The SMILES string of the molecule is COc1ccc(N(CCC(N)=O)Cc2cc(=O)oc3cc4c(cc23)CCC4)cc1. The van der Waals surface area contributed by atoms with Crippen molar-refractivity contribution >= 4 is 22.6 Å². The van der Waals surface area contributed by atoms with Crippen molar-refractivity contribution in [3.8, 4) is 5.75 Å². The molecule has 1 amide bonds. The Hall–Kier alpha value is -3.28. The van der Waals surface area contributed by atoms with Crippen LogP contribution in [0.3, 0.4) is 0 Å². The van der Waals surface area contributed by atoms with Gasteiger partial charge < -0.3 is 19.8 Å². The number of carbonyl (C=O) groups excluding carboxylic acids is 1. The molecule has 0 aliphatic heterocycles. The lowest BCUT2D eigenvalue weighted by Gasteiger charge is -2.25. The molecule has 0 atom stereocenters. The first-order valence-electron chi connectivity index (χ1n) is 9.79. The average Bonchev–Trinajstić information content (AvgIpc) is 3.16. The van der Waals surface area contributed by atoms with Crippen LogP contribution in [-0.2, 0) is 24.2 Å². The monoisotopic (exact) mass is 392 g/mol. The first-order chi connectivity index (χ1) is 14.0. The summed E-state index contributed by atoms with van der Waals surface area (Å²) in [6, 6.07) is 13.3. The van der Waals surface area contributed by atoms with Crippen molar-refractivity contribution in [3.05, 3.63) is 69.6 Å². The number of hydrogen-bond donors (Lipinski definition) is 1. The maximum absolute atomic E-state index is 12.2. The number of hydrogen-bond acceptors (Lipinski definition) is 5. The van der Waals surface area contributed by atoms with Crippen LogP contribution >= 0.6 is 0 Å². The summed E-state index contributed by atoms with van der Waals surface area (Å²) in [5, 5.41) is 0.947. The largest absolute Gasteiger partial charge is 0.497 e. The van der Waals surface area contributed by atoms with Gasteiger partial charge in [-0.25, -0.2) is 4.79 Å². The summed E-state index contributed by atoms with van der Waals surface area (Å²) in [6.07, 6.45) is 3.42. The molecule has 1 aliphatic rings. The Morgan fingerprint density at radius 3 is 2.55 bits per heavy atom. The Morgan fingerprint density at radius 2 is 1.86 bits per heavy atom. The number of ether oxygens (including phenoxy) is 1. The molecule has 29 heavy (non-hydrogen) atoms. The van der Waals surface area contributed by atoms with Crippen LogP contribution in [0.4, 0.5) is 5.69 Å². The molecule has 2 aromatic carbocycles. The van der Waals surface area contributed by atoms with Crippen LogP contribution in [0, 0.1) is 0 Å². The number of amides is 1. The molecular weight excluding hydrogens is 368 g/mol. The van der Waals surface area contributed by atoms with Gasteiger partial charge in [0.25, 0.3) is 0 Å². The lowest BCUT2D eigenvalue weighted by Crippen LogP contribution is -2.28. The zero-order chi connectivity index (χ0) is 20.4. The van der Waals surface area contributed by atoms with Crippen molar-refractivity contribution < 1.29 is 13.9 Å². The molecule has 2 N–H and O–H groups in total. The van der Waals surface area contributed by atoms with Gasteiger partial charge in [-0.1, -0.05) is 0 Å². The Kier molecular flexibility index (Phi) is 5.25. The highest BCUT2D eigenvalue weighted by atomic mass is 16.5. The molecule has 6 heteroatoms. The first-order valence-corrected chi connectivity index (χ1v) is 9.79. The van der Waals surface area contributed by atoms with Crippen LogP contribution < -0.4 is 21.0 Å². The number of fused-ring (bicyclic) bond motifs is 2. The third kappa shape index (κ3) is 4.11. The molecule has 0 bridgehead atoms. The Balaban J connectivity index is 1.73. The van der Waals surface area contributed by atoms with Gasteiger partial charge in [0.1, 0.15) is 11.3 Å². The van der Waals surface area contributed by atoms with E-state index in [0.717, 1.165) is 41.6 Å². The maximum Gasteiger partial charge on any atom is 0.336 e. The molecule has 0 spiro atoms. The van der Waals surface area contributed by atoms with E-state index in [1.807, 2.05) is 35.2 Å². The van der Waals surface area contributed by atoms with Gasteiger partial charge in [0.2, 0.25) is 5.91 Å². The van der Waals surface area contributed by atoms with Crippen LogP contribution in [0.5, 0.6) is 5.75 Å². The minimum Gasteiger partial charge on any atom is -0.497 e. The zero-order valence-electron chi connectivity index (χ0n) is 16.4. The Morgan fingerprint density at radius 1 is 1.14 bits per heavy atom. The van der Waals surface area contributed by atoms with E-state index < -0.39 is 0 Å². The van der Waals surface area contributed by atoms with Gasteiger partial charge >= 0.3 is 5.63 Å². The van der Waals surface area contributed by atoms with Crippen molar-refractivity contribution in [1.82, 2.24) is 0 Å². The molecule has 0 saturated heterocycles. The predicted octanol–water partition coefficient (Wildman–Crippen LogP) is 3.17. The number of benzene rings is 2. The Bertz CT molecular complexity index is 1100. The fourth-order valence-electron chi connectivity index (χ4n) is 3.97. The van der Waals surface area contributed by atoms with Crippen LogP contribution in [0.1, 0.15) is 29.5 Å². The molecule has 6 nitrogen and oxygen atoms in total. The minimum absolute atomic E-state index is 0.223. The minimum atomic E-state index is -0.366. The summed E-state index contributed by atoms with van der Waals surface area (Å²) in [5.41, 5.74) is 10.0. The number of rotatable bonds is 7. The standard InChI is InChI=1S/C23H24N2O4/c1-28-19-7-5-18(6-8-19)25(10-9-22(24)26)14-17-13-23(27)29-21-12-16-4-2-3-15(16)11-20(17)21/h5-8,11-13H,2-4,9-10,14H2,1H3,(H2,24,26). The van der Waals surface area contributed by atoms with Crippen molar-refractivity contribution in [3.63, 3.8) is 0 Å². The molecule has 1 aliphatic carbocycles. The van der Waals surface area contributed by atoms with Gasteiger partial charge in [-0.15, -0.1) is 0 Å². The maximum atomic E-state index is 12.2. The van der Waals surface area contributed by atoms with Gasteiger partial charge in [0.05, 0.1) is 7.11 Å². The molecule has 4 rings (SSSR count). The van der Waals surface area contributed by atoms with Crippen LogP contribution in [0.25, 0.3) is 11.0 Å². The molecule has 150 valence electrons. The number of nitrogens with two attached hydrogens (primary N) is 1. The van der Waals surface area contributed by atoms with E-state index in [9.17, 15) is 9.59 Å². The molecular formula is C23H24N2O4. The zero-order valence-corrected chi connectivity index (χ0v) is 16.4. The summed E-state index contributed by atoms with van der Waals surface area (Å²) in [5.74, 6) is 0.392. The fourth-order valence-corrected chi connectivity index (χ4v) is 3.97. The highest BCUT2D eigenvalue weighted by Crippen LogP contribution is 2.30. The normalized spacial score (nSPS) is 12.7. The lowest BCUT2D eigenvalue weighted by molar-refractivity contribution is -0.117. The van der Waals surface area contributed by atoms with Crippen molar-refractivity contribution in [2.75, 3.05) is 18.6 Å². The average molecular weight is 392 g/mol. The number of carbonyl (C=O) groups is 1. The number of primary amides is 1. The van der Waals surface area contributed by atoms with E-state index in [1.165, 1.54) is 11.1 Å². The van der Waals surface area contributed by atoms with Crippen LogP contribution in [0.2, 0.25) is 0 Å². The number of nitrogens with zero attached hydrogens (tertiary/aromatic N) is 1. The fraction of sp³-hybridized carbons (Fsp3) is 0.304. The molecule has 0 radical (unpaired) electrons. The second-order valence-corrected chi connectivity index (χ2v) is 7.40. The third-order valence-electron chi connectivity index (χ3n) is 5.47. The van der Waals surface area contributed by atoms with Gasteiger partial charge in [-0.3, -0.25) is 4.79 Å². The summed E-state index contributed by atoms with van der Waals surface area (Å²) < 4.78 is 10.7. The Labute approximate surface area is 168 Å². The molecule has 0 saturated carbocycles. The molecule has 3 aromatic rings. The van der Waals surface area contributed by atoms with Gasteiger partial charge in [-0.2, -0.15) is 0 Å². The highest BCUT2D eigenvalue weighted by molar-refractivity contribution is 5.82. The van der Waals surface area contributed by atoms with Crippen molar-refractivity contribution in [1.29, 1.82) is 0 Å². The van der Waals surface area contributed by atoms with E-state index in [1.54, 1.807) is 13.2 Å². The highest BCUT2D eigenvalue weighted by Gasteiger charge is 2.17. The topological polar surface area (TPSA) is 85.8 Å². The quantitative estimate of drug-likeness (QED) is 0.624. The summed E-state index contributed by atoms with van der Waals surface area (Å²) in [7, 11) is 1.62.